The first-order valence-electron chi connectivity index (χ1n) is 8.78. The van der Waals surface area contributed by atoms with Gasteiger partial charge in [0.2, 0.25) is 0 Å². The summed E-state index contributed by atoms with van der Waals surface area (Å²) in [5, 5.41) is 4.10. The van der Waals surface area contributed by atoms with Crippen molar-refractivity contribution in [1.29, 1.82) is 0 Å². The molecule has 1 N–H and O–H groups in total. The van der Waals surface area contributed by atoms with E-state index < -0.39 is 7.87 Å². The van der Waals surface area contributed by atoms with Crippen LogP contribution in [-0.2, 0) is 0 Å². The molecule has 0 saturated carbocycles. The fourth-order valence-corrected chi connectivity index (χ4v) is 8.76. The van der Waals surface area contributed by atoms with Crippen molar-refractivity contribution in [3.05, 3.63) is 0 Å². The summed E-state index contributed by atoms with van der Waals surface area (Å²) in [5.41, 5.74) is 0. The Morgan fingerprint density at radius 2 is 1.05 bits per heavy atom. The van der Waals surface area contributed by atoms with Crippen molar-refractivity contribution in [1.82, 2.24) is 19.1 Å². The highest BCUT2D eigenvalue weighted by Gasteiger charge is 2.58. The second kappa shape index (κ2) is 8.42. The van der Waals surface area contributed by atoms with Crippen LogP contribution in [0.2, 0.25) is 0 Å². The van der Waals surface area contributed by atoms with Crippen LogP contribution in [0.5, 0.6) is 0 Å². The molecule has 3 aliphatic rings. The number of hydrogen-bond acceptors (Lipinski definition) is 4. The Morgan fingerprint density at radius 1 is 0.714 bits per heavy atom. The van der Waals surface area contributed by atoms with Crippen LogP contribution in [0.25, 0.3) is 0 Å². The lowest BCUT2D eigenvalue weighted by molar-refractivity contribution is -0.00000463. The van der Waals surface area contributed by atoms with Crippen LogP contribution in [0.1, 0.15) is 51.9 Å². The summed E-state index contributed by atoms with van der Waals surface area (Å²) in [4.78, 5) is 0. The lowest BCUT2D eigenvalue weighted by Crippen LogP contribution is -3.00. The minimum Gasteiger partial charge on any atom is -1.00 e. The molecule has 0 aromatic heterocycles. The third-order valence-corrected chi connectivity index (χ3v) is 9.22. The fourth-order valence-electron chi connectivity index (χ4n) is 4.04. The monoisotopic (exact) mass is 334 g/mol. The van der Waals surface area contributed by atoms with Gasteiger partial charge in [0.15, 0.2) is 0 Å². The van der Waals surface area contributed by atoms with Gasteiger partial charge in [-0.3, -0.25) is 0 Å². The summed E-state index contributed by atoms with van der Waals surface area (Å²) in [7, 11) is -1.41. The van der Waals surface area contributed by atoms with E-state index in [0.717, 1.165) is 0 Å². The van der Waals surface area contributed by atoms with Gasteiger partial charge in [-0.05, 0) is 44.9 Å². The van der Waals surface area contributed by atoms with E-state index >= 15 is 0 Å². The van der Waals surface area contributed by atoms with Gasteiger partial charge < -0.3 is 12.4 Å². The smallest absolute Gasteiger partial charge is 0.305 e. The predicted molar refractivity (Wildman–Crippen MR) is 87.6 cm³/mol. The van der Waals surface area contributed by atoms with Gasteiger partial charge in [-0.1, -0.05) is 6.92 Å². The SMILES string of the molecule is CCCN[P+](N1CCCC1)(N1CCCC1)N1CCCC1.[Cl-]. The molecule has 0 radical (unpaired) electrons. The first-order valence-corrected chi connectivity index (χ1v) is 10.4. The van der Waals surface area contributed by atoms with E-state index in [-0.39, 0.29) is 12.4 Å². The van der Waals surface area contributed by atoms with Crippen molar-refractivity contribution in [2.75, 3.05) is 45.8 Å². The molecule has 124 valence electrons. The molecule has 3 fully saturated rings. The molecule has 4 nitrogen and oxygen atoms in total. The lowest BCUT2D eigenvalue weighted by Gasteiger charge is -2.43. The maximum Gasteiger partial charge on any atom is 0.305 e. The van der Waals surface area contributed by atoms with E-state index in [2.05, 4.69) is 26.0 Å². The summed E-state index contributed by atoms with van der Waals surface area (Å²) in [5.74, 6) is 0. The number of rotatable bonds is 6. The normalized spacial score (nSPS) is 25.6. The predicted octanol–water partition coefficient (Wildman–Crippen LogP) is -0.0450. The van der Waals surface area contributed by atoms with E-state index in [1.54, 1.807) is 0 Å². The zero-order chi connectivity index (χ0) is 13.8. The highest BCUT2D eigenvalue weighted by Crippen LogP contribution is 2.66. The Labute approximate surface area is 137 Å². The summed E-state index contributed by atoms with van der Waals surface area (Å²) < 4.78 is 8.58. The van der Waals surface area contributed by atoms with Gasteiger partial charge in [0.25, 0.3) is 0 Å². The first-order chi connectivity index (χ1) is 9.88. The summed E-state index contributed by atoms with van der Waals surface area (Å²) in [6, 6.07) is 0. The van der Waals surface area contributed by atoms with E-state index in [0.29, 0.717) is 0 Å². The van der Waals surface area contributed by atoms with Crippen molar-refractivity contribution in [3.63, 3.8) is 0 Å². The van der Waals surface area contributed by atoms with E-state index in [9.17, 15) is 0 Å². The second-order valence-electron chi connectivity index (χ2n) is 6.46. The molecule has 21 heavy (non-hydrogen) atoms. The lowest BCUT2D eigenvalue weighted by atomic mass is 10.4. The summed E-state index contributed by atoms with van der Waals surface area (Å²) in [6.07, 6.45) is 9.65. The topological polar surface area (TPSA) is 21.8 Å². The van der Waals surface area contributed by atoms with Crippen molar-refractivity contribution < 1.29 is 12.4 Å². The summed E-state index contributed by atoms with van der Waals surface area (Å²) >= 11 is 0. The van der Waals surface area contributed by atoms with Crippen molar-refractivity contribution >= 4 is 7.87 Å². The van der Waals surface area contributed by atoms with Gasteiger partial charge in [0.05, 0.1) is 0 Å². The summed E-state index contributed by atoms with van der Waals surface area (Å²) in [6.45, 7) is 11.4. The molecule has 0 atom stereocenters. The molecule has 0 unspecified atom stereocenters. The Kier molecular flexibility index (Phi) is 7.18. The highest BCUT2D eigenvalue weighted by molar-refractivity contribution is 7.67. The van der Waals surface area contributed by atoms with Gasteiger partial charge >= 0.3 is 7.87 Å². The number of nitrogens with one attached hydrogen (secondary N) is 1. The third-order valence-electron chi connectivity index (χ3n) is 5.00. The average Bonchev–Trinajstić information content (AvgIpc) is 3.23. The van der Waals surface area contributed by atoms with E-state index in [1.807, 2.05) is 0 Å². The standard InChI is InChI=1S/C15H32N4P.ClH/c1-2-9-16-20(17-10-3-4-11-17,18-12-5-6-13-18)19-14-7-8-15-19;/h16H,2-15H2,1H3;1H/q+1;/p-1. The van der Waals surface area contributed by atoms with Gasteiger partial charge in [0.1, 0.15) is 0 Å². The zero-order valence-electron chi connectivity index (χ0n) is 13.6. The van der Waals surface area contributed by atoms with Gasteiger partial charge in [-0.15, -0.1) is 19.1 Å². The minimum absolute atomic E-state index is 0. The molecule has 3 aliphatic heterocycles. The molecule has 0 aliphatic carbocycles. The second-order valence-corrected chi connectivity index (χ2v) is 9.61. The van der Waals surface area contributed by atoms with Gasteiger partial charge in [-0.25, -0.2) is 0 Å². The maximum absolute atomic E-state index is 4.10. The number of nitrogens with zero attached hydrogens (tertiary/aromatic N) is 3. The molecule has 0 amide bonds. The highest BCUT2D eigenvalue weighted by atomic mass is 35.5. The molecule has 0 aromatic carbocycles. The van der Waals surface area contributed by atoms with Crippen LogP contribution in [0.3, 0.4) is 0 Å². The molecule has 3 heterocycles. The number of halogens is 1. The third kappa shape index (κ3) is 3.57. The Morgan fingerprint density at radius 3 is 1.33 bits per heavy atom. The Hall–Kier alpha value is 0.560. The van der Waals surface area contributed by atoms with Crippen LogP contribution in [-0.4, -0.2) is 59.8 Å². The maximum atomic E-state index is 4.10. The molecule has 0 spiro atoms. The van der Waals surface area contributed by atoms with Gasteiger partial charge in [-0.2, -0.15) is 0 Å². The van der Waals surface area contributed by atoms with Gasteiger partial charge in [0, 0.05) is 45.8 Å². The fraction of sp³-hybridized carbons (Fsp3) is 1.00. The molecule has 3 saturated heterocycles. The molecule has 6 heteroatoms. The Bertz CT molecular complexity index is 259. The minimum atomic E-state index is -1.41. The molecular weight excluding hydrogens is 303 g/mol. The van der Waals surface area contributed by atoms with Crippen LogP contribution >= 0.6 is 7.87 Å². The first kappa shape index (κ1) is 17.9. The van der Waals surface area contributed by atoms with Crippen LogP contribution in [0.4, 0.5) is 0 Å². The molecule has 3 rings (SSSR count). The van der Waals surface area contributed by atoms with E-state index in [4.69, 9.17) is 0 Å². The molecule has 0 bridgehead atoms. The number of hydrogen-bond donors (Lipinski definition) is 1. The largest absolute Gasteiger partial charge is 1.00 e. The van der Waals surface area contributed by atoms with Crippen LogP contribution in [0, 0.1) is 0 Å². The average molecular weight is 335 g/mol. The zero-order valence-corrected chi connectivity index (χ0v) is 15.2. The van der Waals surface area contributed by atoms with Crippen LogP contribution < -0.4 is 17.5 Å². The van der Waals surface area contributed by atoms with Crippen molar-refractivity contribution in [2.45, 2.75) is 51.9 Å². The van der Waals surface area contributed by atoms with Crippen molar-refractivity contribution in [2.24, 2.45) is 0 Å². The van der Waals surface area contributed by atoms with Crippen molar-refractivity contribution in [3.8, 4) is 0 Å². The van der Waals surface area contributed by atoms with Crippen LogP contribution in [0.15, 0.2) is 0 Å². The quantitative estimate of drug-likeness (QED) is 0.688. The molecule has 0 aromatic rings. The Balaban J connectivity index is 0.00000161. The molecular formula is C15H32ClN4P. The van der Waals surface area contributed by atoms with E-state index in [1.165, 1.54) is 90.8 Å².